The van der Waals surface area contributed by atoms with Crippen LogP contribution in [0.15, 0.2) is 30.6 Å². The number of benzene rings is 1. The highest BCUT2D eigenvalue weighted by Gasteiger charge is 2.18. The number of para-hydroxylation sites is 1. The molecule has 1 amide bonds. The Morgan fingerprint density at radius 2 is 2.00 bits per heavy atom. The molecule has 0 saturated heterocycles. The van der Waals surface area contributed by atoms with Gasteiger partial charge in [-0.15, -0.1) is 10.2 Å². The normalized spacial score (nSPS) is 11.2. The van der Waals surface area contributed by atoms with Gasteiger partial charge < -0.3 is 9.30 Å². The first-order chi connectivity index (χ1) is 9.37. The Bertz CT molecular complexity index is 614. The van der Waals surface area contributed by atoms with Crippen LogP contribution >= 0.6 is 0 Å². The van der Waals surface area contributed by atoms with Crippen molar-refractivity contribution in [2.45, 2.75) is 26.4 Å². The summed E-state index contributed by atoms with van der Waals surface area (Å²) in [7, 11) is 1.85. The molecule has 20 heavy (non-hydrogen) atoms. The van der Waals surface area contributed by atoms with Crippen molar-refractivity contribution in [1.82, 2.24) is 14.8 Å². The van der Waals surface area contributed by atoms with E-state index in [0.717, 1.165) is 5.56 Å². The number of amides is 1. The largest absolute Gasteiger partial charge is 0.444 e. The van der Waals surface area contributed by atoms with Crippen LogP contribution in [0.1, 0.15) is 20.8 Å². The average Bonchev–Trinajstić information content (AvgIpc) is 2.73. The summed E-state index contributed by atoms with van der Waals surface area (Å²) >= 11 is 0. The van der Waals surface area contributed by atoms with E-state index >= 15 is 0 Å². The lowest BCUT2D eigenvalue weighted by atomic mass is 10.1. The molecule has 6 nitrogen and oxygen atoms in total. The standard InChI is InChI=1S/C14H18N4O2/c1-14(2,3)20-13(19)16-11-8-6-5-7-10(11)12-17-15-9-18(12)4/h5-9H,1-4H3,(H,16,19). The van der Waals surface area contributed by atoms with Crippen LogP contribution in [0.3, 0.4) is 0 Å². The molecule has 0 aliphatic heterocycles. The van der Waals surface area contributed by atoms with Gasteiger partial charge >= 0.3 is 6.09 Å². The van der Waals surface area contributed by atoms with Crippen molar-refractivity contribution in [3.8, 4) is 11.4 Å². The molecule has 1 heterocycles. The highest BCUT2D eigenvalue weighted by molar-refractivity contribution is 5.90. The number of hydrogen-bond acceptors (Lipinski definition) is 4. The third-order valence-electron chi connectivity index (χ3n) is 2.51. The number of nitrogens with one attached hydrogen (secondary N) is 1. The second-order valence-corrected chi connectivity index (χ2v) is 5.44. The number of aryl methyl sites for hydroxylation is 1. The molecule has 0 bridgehead atoms. The topological polar surface area (TPSA) is 69.0 Å². The quantitative estimate of drug-likeness (QED) is 0.914. The third kappa shape index (κ3) is 3.34. The van der Waals surface area contributed by atoms with E-state index in [1.807, 2.05) is 46.0 Å². The van der Waals surface area contributed by atoms with Crippen LogP contribution in [-0.2, 0) is 11.8 Å². The van der Waals surface area contributed by atoms with Crippen molar-refractivity contribution in [1.29, 1.82) is 0 Å². The van der Waals surface area contributed by atoms with Crippen LogP contribution in [0.5, 0.6) is 0 Å². The molecule has 0 spiro atoms. The highest BCUT2D eigenvalue weighted by atomic mass is 16.6. The van der Waals surface area contributed by atoms with E-state index in [2.05, 4.69) is 15.5 Å². The molecular formula is C14H18N4O2. The number of hydrogen-bond donors (Lipinski definition) is 1. The van der Waals surface area contributed by atoms with Crippen LogP contribution < -0.4 is 5.32 Å². The Hall–Kier alpha value is -2.37. The Morgan fingerprint density at radius 3 is 2.60 bits per heavy atom. The summed E-state index contributed by atoms with van der Waals surface area (Å²) in [6.45, 7) is 5.46. The lowest BCUT2D eigenvalue weighted by Crippen LogP contribution is -2.27. The summed E-state index contributed by atoms with van der Waals surface area (Å²) in [5.41, 5.74) is 0.889. The van der Waals surface area contributed by atoms with Crippen molar-refractivity contribution in [2.75, 3.05) is 5.32 Å². The molecule has 0 radical (unpaired) electrons. The molecule has 6 heteroatoms. The molecule has 2 rings (SSSR count). The fourth-order valence-electron chi connectivity index (χ4n) is 1.73. The van der Waals surface area contributed by atoms with E-state index in [9.17, 15) is 4.79 Å². The van der Waals surface area contributed by atoms with Gasteiger partial charge in [0.15, 0.2) is 5.82 Å². The van der Waals surface area contributed by atoms with Gasteiger partial charge in [-0.1, -0.05) is 12.1 Å². The fourth-order valence-corrected chi connectivity index (χ4v) is 1.73. The summed E-state index contributed by atoms with van der Waals surface area (Å²) in [6.07, 6.45) is 1.12. The van der Waals surface area contributed by atoms with Crippen LogP contribution in [0.25, 0.3) is 11.4 Å². The van der Waals surface area contributed by atoms with Gasteiger partial charge in [-0.3, -0.25) is 5.32 Å². The zero-order valence-corrected chi connectivity index (χ0v) is 12.0. The van der Waals surface area contributed by atoms with Crippen LogP contribution in [0.4, 0.5) is 10.5 Å². The van der Waals surface area contributed by atoms with Gasteiger partial charge in [0.25, 0.3) is 0 Å². The van der Waals surface area contributed by atoms with Gasteiger partial charge in [-0.2, -0.15) is 0 Å². The monoisotopic (exact) mass is 274 g/mol. The first-order valence-electron chi connectivity index (χ1n) is 6.30. The maximum Gasteiger partial charge on any atom is 0.412 e. The van der Waals surface area contributed by atoms with E-state index in [4.69, 9.17) is 4.74 Å². The fraction of sp³-hybridized carbons (Fsp3) is 0.357. The summed E-state index contributed by atoms with van der Waals surface area (Å²) < 4.78 is 7.04. The lowest BCUT2D eigenvalue weighted by molar-refractivity contribution is 0.0636. The number of aromatic nitrogens is 3. The van der Waals surface area contributed by atoms with Crippen LogP contribution in [0.2, 0.25) is 0 Å². The van der Waals surface area contributed by atoms with E-state index < -0.39 is 11.7 Å². The maximum absolute atomic E-state index is 11.9. The van der Waals surface area contributed by atoms with E-state index in [-0.39, 0.29) is 0 Å². The molecule has 1 N–H and O–H groups in total. The van der Waals surface area contributed by atoms with Crippen LogP contribution in [0, 0.1) is 0 Å². The Labute approximate surface area is 117 Å². The van der Waals surface area contributed by atoms with Gasteiger partial charge in [-0.25, -0.2) is 4.79 Å². The summed E-state index contributed by atoms with van der Waals surface area (Å²) in [6, 6.07) is 7.39. The number of carbonyl (C=O) groups excluding carboxylic acids is 1. The number of ether oxygens (including phenoxy) is 1. The van der Waals surface area contributed by atoms with Crippen molar-refractivity contribution < 1.29 is 9.53 Å². The highest BCUT2D eigenvalue weighted by Crippen LogP contribution is 2.26. The van der Waals surface area contributed by atoms with Crippen molar-refractivity contribution >= 4 is 11.8 Å². The number of nitrogens with zero attached hydrogens (tertiary/aromatic N) is 3. The molecule has 0 fully saturated rings. The second kappa shape index (κ2) is 5.32. The molecule has 0 aliphatic rings. The molecule has 0 atom stereocenters. The van der Waals surface area contributed by atoms with E-state index in [0.29, 0.717) is 11.5 Å². The molecule has 106 valence electrons. The van der Waals surface area contributed by atoms with E-state index in [1.54, 1.807) is 17.0 Å². The minimum Gasteiger partial charge on any atom is -0.444 e. The summed E-state index contributed by atoms with van der Waals surface area (Å²) in [5.74, 6) is 0.677. The third-order valence-corrected chi connectivity index (χ3v) is 2.51. The minimum absolute atomic E-state index is 0.493. The van der Waals surface area contributed by atoms with Crippen molar-refractivity contribution in [2.24, 2.45) is 7.05 Å². The zero-order valence-electron chi connectivity index (χ0n) is 12.0. The lowest BCUT2D eigenvalue weighted by Gasteiger charge is -2.20. The van der Waals surface area contributed by atoms with Gasteiger partial charge in [0.1, 0.15) is 11.9 Å². The maximum atomic E-state index is 11.9. The van der Waals surface area contributed by atoms with Gasteiger partial charge in [-0.05, 0) is 32.9 Å². The molecule has 2 aromatic rings. The molecule has 0 unspecified atom stereocenters. The number of anilines is 1. The molecule has 1 aromatic heterocycles. The molecular weight excluding hydrogens is 256 g/mol. The molecule has 0 saturated carbocycles. The number of rotatable bonds is 2. The van der Waals surface area contributed by atoms with Crippen molar-refractivity contribution in [3.05, 3.63) is 30.6 Å². The number of carbonyl (C=O) groups is 1. The minimum atomic E-state index is -0.538. The molecule has 0 aliphatic carbocycles. The Balaban J connectivity index is 2.26. The Morgan fingerprint density at radius 1 is 1.30 bits per heavy atom. The first-order valence-corrected chi connectivity index (χ1v) is 6.30. The zero-order chi connectivity index (χ0) is 14.8. The van der Waals surface area contributed by atoms with Crippen LogP contribution in [-0.4, -0.2) is 26.5 Å². The van der Waals surface area contributed by atoms with Crippen molar-refractivity contribution in [3.63, 3.8) is 0 Å². The SMILES string of the molecule is Cn1cnnc1-c1ccccc1NC(=O)OC(C)(C)C. The smallest absolute Gasteiger partial charge is 0.412 e. The summed E-state index contributed by atoms with van der Waals surface area (Å²) in [4.78, 5) is 11.9. The summed E-state index contributed by atoms with van der Waals surface area (Å²) in [5, 5.41) is 10.6. The average molecular weight is 274 g/mol. The van der Waals surface area contributed by atoms with Gasteiger partial charge in [0.2, 0.25) is 0 Å². The Kier molecular flexibility index (Phi) is 3.74. The molecule has 1 aromatic carbocycles. The van der Waals surface area contributed by atoms with E-state index in [1.165, 1.54) is 0 Å². The predicted octanol–water partition coefficient (Wildman–Crippen LogP) is 2.83. The predicted molar refractivity (Wildman–Crippen MR) is 76.3 cm³/mol. The van der Waals surface area contributed by atoms with Gasteiger partial charge in [0, 0.05) is 12.6 Å². The van der Waals surface area contributed by atoms with Gasteiger partial charge in [0.05, 0.1) is 5.69 Å². The second-order valence-electron chi connectivity index (χ2n) is 5.44. The first kappa shape index (κ1) is 14.0.